The van der Waals surface area contributed by atoms with Gasteiger partial charge in [0.15, 0.2) is 23.0 Å². The highest BCUT2D eigenvalue weighted by Crippen LogP contribution is 2.42. The second kappa shape index (κ2) is 13.3. The van der Waals surface area contributed by atoms with Crippen LogP contribution < -0.4 is 24.5 Å². The number of nitrogens with two attached hydrogens (primary N) is 1. The van der Waals surface area contributed by atoms with Gasteiger partial charge in [-0.05, 0) is 58.0 Å². The molecule has 0 aliphatic carbocycles. The molecule has 0 amide bonds. The number of benzene rings is 2. The molecule has 0 saturated heterocycles. The number of methoxy groups -OCH3 is 4. The topological polar surface area (TPSA) is 147 Å². The van der Waals surface area contributed by atoms with Gasteiger partial charge in [-0.1, -0.05) is 18.2 Å². The average molecular weight is 581 g/mol. The molecule has 0 spiro atoms. The number of rotatable bonds is 8. The highest BCUT2D eigenvalue weighted by molar-refractivity contribution is 14.1. The van der Waals surface area contributed by atoms with Gasteiger partial charge in [0.2, 0.25) is 0 Å². The third-order valence-corrected chi connectivity index (χ3v) is 4.96. The molecule has 2 rings (SSSR count). The number of phosphoric acid groups is 1. The summed E-state index contributed by atoms with van der Waals surface area (Å²) in [4.78, 5) is 27.9. The summed E-state index contributed by atoms with van der Waals surface area (Å²) < 4.78 is 36.5. The average Bonchev–Trinajstić information content (AvgIpc) is 2.76. The van der Waals surface area contributed by atoms with E-state index in [2.05, 4.69) is 31.9 Å². The molecule has 0 aliphatic heterocycles. The van der Waals surface area contributed by atoms with E-state index in [1.807, 2.05) is 18.2 Å². The molecule has 0 bridgehead atoms. The molecule has 0 unspecified atom stereocenters. The van der Waals surface area contributed by atoms with Crippen molar-refractivity contribution >= 4 is 48.5 Å². The first-order valence-electron chi connectivity index (χ1n) is 8.88. The van der Waals surface area contributed by atoms with Crippen LogP contribution in [-0.4, -0.2) is 50.7 Å². The van der Waals surface area contributed by atoms with Crippen LogP contribution in [0, 0.1) is 3.57 Å². The predicted octanol–water partition coefficient (Wildman–Crippen LogP) is 3.08. The van der Waals surface area contributed by atoms with E-state index in [4.69, 9.17) is 29.7 Å². The van der Waals surface area contributed by atoms with Crippen LogP contribution >= 0.6 is 30.4 Å². The second-order valence-corrected chi connectivity index (χ2v) is 8.17. The number of carbonyl (C=O) groups is 1. The van der Waals surface area contributed by atoms with Crippen molar-refractivity contribution < 1.29 is 42.6 Å². The van der Waals surface area contributed by atoms with E-state index < -0.39 is 7.82 Å². The Morgan fingerprint density at radius 2 is 1.56 bits per heavy atom. The molecular formula is C20H25INO9P. The Balaban J connectivity index is 0.000000751. The van der Waals surface area contributed by atoms with Crippen LogP contribution in [0.2, 0.25) is 0 Å². The van der Waals surface area contributed by atoms with Crippen LogP contribution in [0.3, 0.4) is 0 Å². The third-order valence-electron chi connectivity index (χ3n) is 3.72. The quantitative estimate of drug-likeness (QED) is 0.184. The van der Waals surface area contributed by atoms with Gasteiger partial charge in [0.05, 0.1) is 38.6 Å². The zero-order valence-electron chi connectivity index (χ0n) is 17.9. The van der Waals surface area contributed by atoms with E-state index in [-0.39, 0.29) is 24.0 Å². The molecule has 0 aromatic heterocycles. The summed E-state index contributed by atoms with van der Waals surface area (Å²) in [5.74, 6) is 1.08. The fourth-order valence-electron chi connectivity index (χ4n) is 2.31. The standard InChI is InChI=1S/C17H18IO7P.C3H7NO2/c1-22-14-7-6-11(9-15(14)25-26(19,20)21)4-5-12-8-13(18)17(24-3)16(10-12)23-2;1-6-3(5)2-4/h4-10H,1-3H3,(H2,19,20,21);2,4H2,1H3/b5-4-;. The minimum absolute atomic E-state index is 0.0312. The summed E-state index contributed by atoms with van der Waals surface area (Å²) in [5.41, 5.74) is 6.36. The molecule has 12 heteroatoms. The van der Waals surface area contributed by atoms with Crippen LogP contribution in [0.4, 0.5) is 0 Å². The van der Waals surface area contributed by atoms with Crippen molar-refractivity contribution in [2.75, 3.05) is 35.0 Å². The molecule has 0 heterocycles. The maximum atomic E-state index is 11.1. The van der Waals surface area contributed by atoms with Crippen LogP contribution in [-0.2, 0) is 14.1 Å². The van der Waals surface area contributed by atoms with Crippen LogP contribution in [0.15, 0.2) is 30.3 Å². The lowest BCUT2D eigenvalue weighted by molar-refractivity contribution is -0.138. The Hall–Kier alpha value is -2.31. The van der Waals surface area contributed by atoms with Gasteiger partial charge in [-0.2, -0.15) is 0 Å². The van der Waals surface area contributed by atoms with Gasteiger partial charge >= 0.3 is 13.8 Å². The molecule has 32 heavy (non-hydrogen) atoms. The fraction of sp³-hybridized carbons (Fsp3) is 0.250. The lowest BCUT2D eigenvalue weighted by Crippen LogP contribution is -2.14. The molecular weight excluding hydrogens is 556 g/mol. The van der Waals surface area contributed by atoms with Gasteiger partial charge in [-0.15, -0.1) is 0 Å². The highest BCUT2D eigenvalue weighted by Gasteiger charge is 2.19. The van der Waals surface area contributed by atoms with Crippen molar-refractivity contribution in [3.05, 3.63) is 45.0 Å². The minimum atomic E-state index is -4.69. The summed E-state index contributed by atoms with van der Waals surface area (Å²) in [5, 5.41) is 0. The summed E-state index contributed by atoms with van der Waals surface area (Å²) >= 11 is 2.16. The van der Waals surface area contributed by atoms with E-state index in [0.29, 0.717) is 17.1 Å². The summed E-state index contributed by atoms with van der Waals surface area (Å²) in [6.45, 7) is -0.0312. The van der Waals surface area contributed by atoms with Gasteiger partial charge in [-0.25, -0.2) is 4.57 Å². The van der Waals surface area contributed by atoms with Crippen molar-refractivity contribution in [2.45, 2.75) is 0 Å². The van der Waals surface area contributed by atoms with Crippen molar-refractivity contribution in [2.24, 2.45) is 5.73 Å². The predicted molar refractivity (Wildman–Crippen MR) is 128 cm³/mol. The first kappa shape index (κ1) is 27.7. The van der Waals surface area contributed by atoms with Gasteiger partial charge in [0.25, 0.3) is 0 Å². The molecule has 4 N–H and O–H groups in total. The SMILES string of the molecule is COC(=O)CN.COc1ccc(/C=C\c2cc(I)c(OC)c(OC)c2)cc1OP(=O)(O)O. The van der Waals surface area contributed by atoms with E-state index in [1.54, 1.807) is 32.4 Å². The van der Waals surface area contributed by atoms with Crippen LogP contribution in [0.5, 0.6) is 23.0 Å². The van der Waals surface area contributed by atoms with Crippen molar-refractivity contribution in [1.82, 2.24) is 0 Å². The molecule has 0 fully saturated rings. The molecule has 0 radical (unpaired) electrons. The van der Waals surface area contributed by atoms with E-state index >= 15 is 0 Å². The number of hydrogen-bond donors (Lipinski definition) is 3. The van der Waals surface area contributed by atoms with Crippen molar-refractivity contribution in [1.29, 1.82) is 0 Å². The smallest absolute Gasteiger partial charge is 0.493 e. The van der Waals surface area contributed by atoms with Gasteiger partial charge in [-0.3, -0.25) is 14.6 Å². The summed E-state index contributed by atoms with van der Waals surface area (Å²) in [7, 11) is 1.15. The van der Waals surface area contributed by atoms with Crippen molar-refractivity contribution in [3.63, 3.8) is 0 Å². The molecule has 2 aromatic rings. The maximum Gasteiger partial charge on any atom is 0.524 e. The Bertz CT molecular complexity index is 985. The first-order chi connectivity index (χ1) is 15.1. The molecule has 0 saturated carbocycles. The van der Waals surface area contributed by atoms with E-state index in [1.165, 1.54) is 20.3 Å². The number of phosphoric ester groups is 1. The van der Waals surface area contributed by atoms with Gasteiger partial charge < -0.3 is 29.2 Å². The summed E-state index contributed by atoms with van der Waals surface area (Å²) in [6, 6.07) is 8.56. The Morgan fingerprint density at radius 1 is 0.969 bits per heavy atom. The molecule has 176 valence electrons. The van der Waals surface area contributed by atoms with Gasteiger partial charge in [0.1, 0.15) is 0 Å². The Labute approximate surface area is 199 Å². The lowest BCUT2D eigenvalue weighted by Gasteiger charge is -2.12. The second-order valence-electron chi connectivity index (χ2n) is 5.84. The maximum absolute atomic E-state index is 11.1. The van der Waals surface area contributed by atoms with Crippen LogP contribution in [0.1, 0.15) is 11.1 Å². The largest absolute Gasteiger partial charge is 0.524 e. The number of esters is 1. The third kappa shape index (κ3) is 9.05. The monoisotopic (exact) mass is 581 g/mol. The van der Waals surface area contributed by atoms with E-state index in [9.17, 15) is 9.36 Å². The van der Waals surface area contributed by atoms with Gasteiger partial charge in [0, 0.05) is 0 Å². The minimum Gasteiger partial charge on any atom is -0.493 e. The number of halogens is 1. The number of carbonyl (C=O) groups excluding carboxylic acids is 1. The molecule has 0 aliphatic rings. The fourth-order valence-corrected chi connectivity index (χ4v) is 3.55. The zero-order valence-corrected chi connectivity index (χ0v) is 21.0. The summed E-state index contributed by atoms with van der Waals surface area (Å²) in [6.07, 6.45) is 3.62. The first-order valence-corrected chi connectivity index (χ1v) is 11.5. The molecule has 2 aromatic carbocycles. The zero-order chi connectivity index (χ0) is 24.3. The number of hydrogen-bond acceptors (Lipinski definition) is 8. The Kier molecular flexibility index (Phi) is 11.5. The van der Waals surface area contributed by atoms with E-state index in [0.717, 1.165) is 9.13 Å². The highest BCUT2D eigenvalue weighted by atomic mass is 127. The molecule has 10 nitrogen and oxygen atoms in total. The lowest BCUT2D eigenvalue weighted by atomic mass is 10.1. The van der Waals surface area contributed by atoms with Crippen molar-refractivity contribution in [3.8, 4) is 23.0 Å². The van der Waals surface area contributed by atoms with Crippen LogP contribution in [0.25, 0.3) is 12.2 Å². The Morgan fingerprint density at radius 3 is 2.03 bits per heavy atom. The molecule has 0 atom stereocenters. The normalized spacial score (nSPS) is 10.8. The number of ether oxygens (including phenoxy) is 4.